The average Bonchev–Trinajstić information content (AvgIpc) is 2.71. The molecule has 0 spiro atoms. The molecule has 32 heavy (non-hydrogen) atoms. The molecule has 0 aliphatic heterocycles. The third-order valence-electron chi connectivity index (χ3n) is 4.46. The summed E-state index contributed by atoms with van der Waals surface area (Å²) in [6.45, 7) is 6.30. The molecule has 7 nitrogen and oxygen atoms in total. The lowest BCUT2D eigenvalue weighted by molar-refractivity contribution is -0.154. The van der Waals surface area contributed by atoms with E-state index in [1.807, 2.05) is 0 Å². The lowest BCUT2D eigenvalue weighted by atomic mass is 9.94. The van der Waals surface area contributed by atoms with Crippen molar-refractivity contribution in [2.75, 3.05) is 19.7 Å². The van der Waals surface area contributed by atoms with Crippen molar-refractivity contribution < 1.29 is 27.5 Å². The lowest BCUT2D eigenvalue weighted by Crippen LogP contribution is -2.43. The summed E-state index contributed by atoms with van der Waals surface area (Å²) in [6, 6.07) is 4.70. The van der Waals surface area contributed by atoms with Gasteiger partial charge in [0.2, 0.25) is 11.8 Å². The van der Waals surface area contributed by atoms with Crippen molar-refractivity contribution in [2.24, 2.45) is 5.41 Å². The number of amides is 2. The first-order valence-electron chi connectivity index (χ1n) is 9.99. The Morgan fingerprint density at radius 1 is 1.19 bits per heavy atom. The van der Waals surface area contributed by atoms with Gasteiger partial charge < -0.3 is 15.0 Å². The standard InChI is InChI=1S/C22H27F3N4O3/c1-15-10-18(32-14-22(23,24)25)28-12-17(15)13-29(20(31)21(2,3)4)9-8-27-19(30)16-6-5-7-26-11-16/h5-7,10-12H,8-9,13-14H2,1-4H3,(H,27,30). The van der Waals surface area contributed by atoms with Gasteiger partial charge in [0, 0.05) is 49.7 Å². The highest BCUT2D eigenvalue weighted by molar-refractivity contribution is 5.93. The largest absolute Gasteiger partial charge is 0.468 e. The minimum atomic E-state index is -4.45. The monoisotopic (exact) mass is 452 g/mol. The van der Waals surface area contributed by atoms with Gasteiger partial charge in [0.25, 0.3) is 5.91 Å². The Morgan fingerprint density at radius 3 is 2.47 bits per heavy atom. The van der Waals surface area contributed by atoms with E-state index in [4.69, 9.17) is 0 Å². The quantitative estimate of drug-likeness (QED) is 0.663. The molecular formula is C22H27F3N4O3. The predicted octanol–water partition coefficient (Wildman–Crippen LogP) is 3.53. The highest BCUT2D eigenvalue weighted by atomic mass is 19.4. The molecule has 0 aliphatic rings. The van der Waals surface area contributed by atoms with Crippen molar-refractivity contribution in [1.29, 1.82) is 0 Å². The summed E-state index contributed by atoms with van der Waals surface area (Å²) in [6.07, 6.45) is -0.0379. The number of pyridine rings is 2. The molecule has 2 rings (SSSR count). The van der Waals surface area contributed by atoms with Gasteiger partial charge in [-0.05, 0) is 30.2 Å². The zero-order valence-electron chi connectivity index (χ0n) is 18.5. The number of ether oxygens (including phenoxy) is 1. The summed E-state index contributed by atoms with van der Waals surface area (Å²) in [4.78, 5) is 34.6. The molecule has 0 radical (unpaired) electrons. The minimum absolute atomic E-state index is 0.134. The molecule has 0 aliphatic carbocycles. The topological polar surface area (TPSA) is 84.4 Å². The van der Waals surface area contributed by atoms with Crippen LogP contribution in [0.5, 0.6) is 5.88 Å². The number of nitrogens with one attached hydrogen (secondary N) is 1. The summed E-state index contributed by atoms with van der Waals surface area (Å²) in [7, 11) is 0. The van der Waals surface area contributed by atoms with Crippen molar-refractivity contribution in [2.45, 2.75) is 40.4 Å². The first-order valence-corrected chi connectivity index (χ1v) is 9.99. The third kappa shape index (κ3) is 7.82. The van der Waals surface area contributed by atoms with Crippen LogP contribution in [0.25, 0.3) is 0 Å². The Labute approximate surface area is 185 Å². The maximum Gasteiger partial charge on any atom is 0.422 e. The molecule has 2 aromatic rings. The summed E-state index contributed by atoms with van der Waals surface area (Å²) in [5.74, 6) is -0.573. The SMILES string of the molecule is Cc1cc(OCC(F)(F)F)ncc1CN(CCNC(=O)c1cccnc1)C(=O)C(C)(C)C. The second-order valence-electron chi connectivity index (χ2n) is 8.33. The second kappa shape index (κ2) is 10.4. The van der Waals surface area contributed by atoms with Crippen LogP contribution in [-0.4, -0.2) is 52.6 Å². The van der Waals surface area contributed by atoms with Gasteiger partial charge in [-0.1, -0.05) is 20.8 Å². The van der Waals surface area contributed by atoms with Crippen molar-refractivity contribution in [3.05, 3.63) is 53.5 Å². The minimum Gasteiger partial charge on any atom is -0.468 e. The molecule has 0 aromatic carbocycles. The molecule has 0 saturated heterocycles. The maximum atomic E-state index is 12.9. The third-order valence-corrected chi connectivity index (χ3v) is 4.46. The molecule has 0 unspecified atom stereocenters. The van der Waals surface area contributed by atoms with Crippen LogP contribution in [-0.2, 0) is 11.3 Å². The van der Waals surface area contributed by atoms with E-state index >= 15 is 0 Å². The molecule has 174 valence electrons. The van der Waals surface area contributed by atoms with Crippen molar-refractivity contribution in [3.63, 3.8) is 0 Å². The number of hydrogen-bond acceptors (Lipinski definition) is 5. The number of carbonyl (C=O) groups is 2. The van der Waals surface area contributed by atoms with Gasteiger partial charge in [0.15, 0.2) is 6.61 Å². The van der Waals surface area contributed by atoms with E-state index in [1.165, 1.54) is 18.5 Å². The van der Waals surface area contributed by atoms with Crippen molar-refractivity contribution in [1.82, 2.24) is 20.2 Å². The number of rotatable bonds is 8. The lowest BCUT2D eigenvalue weighted by Gasteiger charge is -2.30. The Morgan fingerprint density at radius 2 is 1.91 bits per heavy atom. The van der Waals surface area contributed by atoms with Crippen LogP contribution in [0.15, 0.2) is 36.8 Å². The molecule has 1 N–H and O–H groups in total. The number of aromatic nitrogens is 2. The fourth-order valence-corrected chi connectivity index (χ4v) is 2.79. The molecule has 2 aromatic heterocycles. The van der Waals surface area contributed by atoms with Gasteiger partial charge in [0.1, 0.15) is 0 Å². The number of alkyl halides is 3. The first-order chi connectivity index (χ1) is 14.9. The Hall–Kier alpha value is -3.17. The summed E-state index contributed by atoms with van der Waals surface area (Å²) >= 11 is 0. The Bertz CT molecular complexity index is 928. The van der Waals surface area contributed by atoms with E-state index in [0.717, 1.165) is 0 Å². The molecule has 0 atom stereocenters. The van der Waals surface area contributed by atoms with E-state index in [1.54, 1.807) is 50.9 Å². The summed E-state index contributed by atoms with van der Waals surface area (Å²) < 4.78 is 41.7. The number of carbonyl (C=O) groups excluding carboxylic acids is 2. The van der Waals surface area contributed by atoms with Crippen LogP contribution < -0.4 is 10.1 Å². The Kier molecular flexibility index (Phi) is 8.18. The summed E-state index contributed by atoms with van der Waals surface area (Å²) in [5.41, 5.74) is 1.06. The normalized spacial score (nSPS) is 11.7. The zero-order valence-corrected chi connectivity index (χ0v) is 18.5. The zero-order chi connectivity index (χ0) is 23.9. The first kappa shape index (κ1) is 25.1. The number of nitrogens with zero attached hydrogens (tertiary/aromatic N) is 3. The maximum absolute atomic E-state index is 12.9. The van der Waals surface area contributed by atoms with E-state index in [0.29, 0.717) is 16.7 Å². The van der Waals surface area contributed by atoms with Gasteiger partial charge >= 0.3 is 6.18 Å². The van der Waals surface area contributed by atoms with E-state index in [9.17, 15) is 22.8 Å². The van der Waals surface area contributed by atoms with E-state index in [-0.39, 0.29) is 37.3 Å². The highest BCUT2D eigenvalue weighted by Gasteiger charge is 2.29. The van der Waals surface area contributed by atoms with E-state index in [2.05, 4.69) is 20.0 Å². The van der Waals surface area contributed by atoms with E-state index < -0.39 is 18.2 Å². The second-order valence-corrected chi connectivity index (χ2v) is 8.33. The van der Waals surface area contributed by atoms with Crippen LogP contribution in [0, 0.1) is 12.3 Å². The van der Waals surface area contributed by atoms with Crippen LogP contribution in [0.2, 0.25) is 0 Å². The van der Waals surface area contributed by atoms with Gasteiger partial charge in [-0.3, -0.25) is 14.6 Å². The van der Waals surface area contributed by atoms with Crippen molar-refractivity contribution in [3.8, 4) is 5.88 Å². The van der Waals surface area contributed by atoms with Crippen LogP contribution in [0.3, 0.4) is 0 Å². The highest BCUT2D eigenvalue weighted by Crippen LogP contribution is 2.22. The average molecular weight is 452 g/mol. The number of hydrogen-bond donors (Lipinski definition) is 1. The molecule has 10 heteroatoms. The number of halogens is 3. The smallest absolute Gasteiger partial charge is 0.422 e. The van der Waals surface area contributed by atoms with Crippen LogP contribution >= 0.6 is 0 Å². The predicted molar refractivity (Wildman–Crippen MR) is 112 cm³/mol. The van der Waals surface area contributed by atoms with Crippen LogP contribution in [0.1, 0.15) is 42.3 Å². The summed E-state index contributed by atoms with van der Waals surface area (Å²) in [5, 5.41) is 2.76. The molecule has 0 fully saturated rings. The van der Waals surface area contributed by atoms with Gasteiger partial charge in [0.05, 0.1) is 5.56 Å². The number of aryl methyl sites for hydroxylation is 1. The van der Waals surface area contributed by atoms with Crippen LogP contribution in [0.4, 0.5) is 13.2 Å². The fraction of sp³-hybridized carbons (Fsp3) is 0.455. The van der Waals surface area contributed by atoms with Crippen molar-refractivity contribution >= 4 is 11.8 Å². The van der Waals surface area contributed by atoms with Gasteiger partial charge in [-0.2, -0.15) is 13.2 Å². The molecule has 0 saturated carbocycles. The molecular weight excluding hydrogens is 425 g/mol. The molecule has 2 amide bonds. The molecule has 0 bridgehead atoms. The van der Waals surface area contributed by atoms with Gasteiger partial charge in [-0.15, -0.1) is 0 Å². The molecule has 2 heterocycles. The Balaban J connectivity index is 2.07. The fourth-order valence-electron chi connectivity index (χ4n) is 2.79. The van der Waals surface area contributed by atoms with Gasteiger partial charge in [-0.25, -0.2) is 4.98 Å².